The number of carbonyl (C=O) groups is 5. The fraction of sp³-hybridized carbons (Fsp3) is 0.513. The summed E-state index contributed by atoms with van der Waals surface area (Å²) in [5.41, 5.74) is 48.4. The first-order valence-electron chi connectivity index (χ1n) is 18.7. The van der Waals surface area contributed by atoms with Gasteiger partial charge in [-0.25, -0.2) is 0 Å². The number of hydrogen-bond acceptors (Lipinski definition) is 11. The molecule has 0 spiro atoms. The summed E-state index contributed by atoms with van der Waals surface area (Å²) < 4.78 is 0. The molecule has 2 unspecified atom stereocenters. The third kappa shape index (κ3) is 15.4. The average molecular weight is 818 g/mol. The van der Waals surface area contributed by atoms with Crippen molar-refractivity contribution in [3.8, 4) is 0 Å². The van der Waals surface area contributed by atoms with E-state index in [0.717, 1.165) is 11.1 Å². The van der Waals surface area contributed by atoms with Crippen LogP contribution in [0.5, 0.6) is 0 Å². The summed E-state index contributed by atoms with van der Waals surface area (Å²) >= 11 is 14.1. The summed E-state index contributed by atoms with van der Waals surface area (Å²) in [5.74, 6) is -3.91. The Balaban J connectivity index is 2.41. The van der Waals surface area contributed by atoms with Crippen molar-refractivity contribution in [1.82, 2.24) is 0 Å². The Bertz CT molecular complexity index is 1540. The molecule has 0 aliphatic carbocycles. The molecule has 308 valence electrons. The molecular weight excluding hydrogens is 759 g/mol. The summed E-state index contributed by atoms with van der Waals surface area (Å²) in [7, 11) is 0. The minimum absolute atomic E-state index is 0.0274. The fourth-order valence-corrected chi connectivity index (χ4v) is 7.17. The van der Waals surface area contributed by atoms with Gasteiger partial charge in [-0.05, 0) is 75.3 Å². The second-order valence-electron chi connectivity index (χ2n) is 14.0. The number of Topliss-reactive ketones (excluding diaryl/α,β-unsaturated/α-hetero) is 5. The Labute approximate surface area is 338 Å². The van der Waals surface area contributed by atoms with Gasteiger partial charge in [0, 0.05) is 25.9 Å². The van der Waals surface area contributed by atoms with Gasteiger partial charge in [-0.2, -0.15) is 0 Å². The van der Waals surface area contributed by atoms with Crippen LogP contribution in [0.15, 0.2) is 70.6 Å². The molecule has 2 aromatic carbocycles. The molecule has 2 aromatic rings. The van der Waals surface area contributed by atoms with Gasteiger partial charge in [0.25, 0.3) is 0 Å². The van der Waals surface area contributed by atoms with Crippen LogP contribution in [-0.4, -0.2) is 87.8 Å². The van der Waals surface area contributed by atoms with Gasteiger partial charge in [0.1, 0.15) is 11.6 Å². The maximum absolute atomic E-state index is 14.8. The predicted molar refractivity (Wildman–Crippen MR) is 222 cm³/mol. The number of carbonyl (C=O) groups excluding carboxylic acids is 5. The van der Waals surface area contributed by atoms with Gasteiger partial charge in [0.05, 0.1) is 24.2 Å². The predicted octanol–water partition coefficient (Wildman–Crippen LogP) is 1.03. The first kappa shape index (κ1) is 47.9. The molecule has 0 heterocycles. The zero-order chi connectivity index (χ0) is 41.9. The summed E-state index contributed by atoms with van der Waals surface area (Å²) in [6, 6.07) is 14.1. The van der Waals surface area contributed by atoms with Crippen molar-refractivity contribution in [3.63, 3.8) is 0 Å². The molecule has 0 saturated carbocycles. The van der Waals surface area contributed by atoms with Crippen molar-refractivity contribution in [2.45, 2.75) is 111 Å². The van der Waals surface area contributed by atoms with Crippen LogP contribution in [0.25, 0.3) is 0 Å². The zero-order valence-electron chi connectivity index (χ0n) is 31.8. The number of ketones is 5. The SMILES string of the molecule is NC(N)=NCCC[C@H](N)C(=O)C(Cl)(CCCC(=O)[C@H](N)Cc1ccccc1)C(=O)C(Cl)(CCCC(=O)[C@H](N)Cc1ccccc1)C(=O)[C@@H](N)CCCN=C(N)N. The number of rotatable bonds is 28. The minimum atomic E-state index is -2.47. The Hall–Kier alpha value is -4.25. The smallest absolute Gasteiger partial charge is 0.189 e. The van der Waals surface area contributed by atoms with Crippen molar-refractivity contribution in [2.24, 2.45) is 55.9 Å². The Morgan fingerprint density at radius 3 is 1.20 bits per heavy atom. The van der Waals surface area contributed by atoms with E-state index < -0.39 is 64.1 Å². The van der Waals surface area contributed by atoms with Gasteiger partial charge in [0.15, 0.2) is 39.0 Å². The van der Waals surface area contributed by atoms with Crippen LogP contribution in [0.2, 0.25) is 0 Å². The third-order valence-electron chi connectivity index (χ3n) is 9.42. The highest BCUT2D eigenvalue weighted by Crippen LogP contribution is 2.39. The molecule has 0 aromatic heterocycles. The average Bonchev–Trinajstić information content (AvgIpc) is 3.17. The summed E-state index contributed by atoms with van der Waals surface area (Å²) in [6.45, 7) is 0.293. The molecule has 0 aliphatic rings. The summed E-state index contributed by atoms with van der Waals surface area (Å²) in [5, 5.41) is 0. The van der Waals surface area contributed by atoms with E-state index in [1.165, 1.54) is 0 Å². The number of halogens is 2. The van der Waals surface area contributed by atoms with Gasteiger partial charge in [-0.3, -0.25) is 34.0 Å². The van der Waals surface area contributed by atoms with Crippen LogP contribution in [0.4, 0.5) is 0 Å². The molecule has 17 heteroatoms. The van der Waals surface area contributed by atoms with Crippen LogP contribution in [0.3, 0.4) is 0 Å². The van der Waals surface area contributed by atoms with E-state index >= 15 is 0 Å². The molecule has 6 atom stereocenters. The van der Waals surface area contributed by atoms with Crippen molar-refractivity contribution in [3.05, 3.63) is 71.8 Å². The largest absolute Gasteiger partial charge is 0.370 e. The van der Waals surface area contributed by atoms with Crippen LogP contribution in [0, 0.1) is 0 Å². The van der Waals surface area contributed by atoms with Gasteiger partial charge in [0.2, 0.25) is 0 Å². The monoisotopic (exact) mass is 816 g/mol. The van der Waals surface area contributed by atoms with Gasteiger partial charge in [-0.1, -0.05) is 60.7 Å². The van der Waals surface area contributed by atoms with E-state index in [0.29, 0.717) is 0 Å². The lowest BCUT2D eigenvalue weighted by Crippen LogP contribution is -2.61. The van der Waals surface area contributed by atoms with E-state index in [1.807, 2.05) is 60.7 Å². The summed E-state index contributed by atoms with van der Waals surface area (Å²) in [4.78, 5) is 72.2. The van der Waals surface area contributed by atoms with Crippen molar-refractivity contribution in [1.29, 1.82) is 0 Å². The molecule has 0 fully saturated rings. The van der Waals surface area contributed by atoms with Gasteiger partial charge in [-0.15, -0.1) is 23.2 Å². The quantitative estimate of drug-likeness (QED) is 0.0196. The molecule has 56 heavy (non-hydrogen) atoms. The van der Waals surface area contributed by atoms with E-state index in [-0.39, 0.29) is 101 Å². The Morgan fingerprint density at radius 1 is 0.536 bits per heavy atom. The lowest BCUT2D eigenvalue weighted by Gasteiger charge is -2.36. The van der Waals surface area contributed by atoms with E-state index in [9.17, 15) is 24.0 Å². The van der Waals surface area contributed by atoms with Gasteiger partial charge >= 0.3 is 0 Å². The van der Waals surface area contributed by atoms with Crippen molar-refractivity contribution >= 4 is 64.0 Å². The molecule has 0 bridgehead atoms. The topological polar surface area (TPSA) is 318 Å². The van der Waals surface area contributed by atoms with E-state index in [4.69, 9.17) is 69.1 Å². The fourth-order valence-electron chi connectivity index (χ4n) is 6.25. The van der Waals surface area contributed by atoms with Crippen LogP contribution >= 0.6 is 23.2 Å². The van der Waals surface area contributed by atoms with Gasteiger partial charge < -0.3 is 45.9 Å². The van der Waals surface area contributed by atoms with E-state index in [1.54, 1.807) is 0 Å². The van der Waals surface area contributed by atoms with E-state index in [2.05, 4.69) is 9.98 Å². The standard InChI is InChI=1S/C39H58Cl2N10O5/c40-38(33(54)27(42)15-9-21-50-36(46)47,19-7-17-31(52)29(44)23-25-11-3-1-4-12-25)35(56)39(41,34(55)28(43)16-10-22-51-37(48)49)20-8-18-32(53)30(45)24-26-13-5-2-6-14-26/h1-6,11-14,27-30H,7-10,15-24,42-45H2,(H4,46,47,50)(H4,48,49,51)/t27-,28-,29+,30+,38?,39?/m0/s1. The maximum Gasteiger partial charge on any atom is 0.189 e. The summed E-state index contributed by atoms with van der Waals surface area (Å²) in [6.07, 6.45) is -0.0847. The molecule has 0 aliphatic heterocycles. The minimum Gasteiger partial charge on any atom is -0.370 e. The molecular formula is C39H58Cl2N10O5. The van der Waals surface area contributed by atoms with Crippen molar-refractivity contribution in [2.75, 3.05) is 13.1 Å². The lowest BCUT2D eigenvalue weighted by molar-refractivity contribution is -0.138. The van der Waals surface area contributed by atoms with Crippen LogP contribution in [-0.2, 0) is 36.8 Å². The number of hydrogen-bond donors (Lipinski definition) is 8. The molecule has 2 rings (SSSR count). The highest BCUT2D eigenvalue weighted by molar-refractivity contribution is 6.58. The molecule has 16 N–H and O–H groups in total. The first-order chi connectivity index (χ1) is 26.4. The number of benzene rings is 2. The molecule has 0 radical (unpaired) electrons. The highest BCUT2D eigenvalue weighted by atomic mass is 35.5. The number of alkyl halides is 2. The molecule has 15 nitrogen and oxygen atoms in total. The van der Waals surface area contributed by atoms with Crippen LogP contribution in [0.1, 0.15) is 75.3 Å². The number of nitrogens with two attached hydrogens (primary N) is 8. The van der Waals surface area contributed by atoms with Crippen LogP contribution < -0.4 is 45.9 Å². The zero-order valence-corrected chi connectivity index (χ0v) is 33.3. The molecule has 0 saturated heterocycles. The maximum atomic E-state index is 14.8. The number of aliphatic imine (C=N–C) groups is 2. The Morgan fingerprint density at radius 2 is 0.875 bits per heavy atom. The third-order valence-corrected chi connectivity index (χ3v) is 10.5. The first-order valence-corrected chi connectivity index (χ1v) is 19.5. The second kappa shape index (κ2) is 23.7. The number of nitrogens with zero attached hydrogens (tertiary/aromatic N) is 2. The number of guanidine groups is 2. The highest BCUT2D eigenvalue weighted by Gasteiger charge is 2.57. The normalized spacial score (nSPS) is 15.5. The second-order valence-corrected chi connectivity index (χ2v) is 15.3. The Kier molecular flexibility index (Phi) is 20.3. The molecule has 0 amide bonds. The lowest BCUT2D eigenvalue weighted by atomic mass is 9.76. The van der Waals surface area contributed by atoms with Crippen molar-refractivity contribution < 1.29 is 24.0 Å².